The molecule has 4 heteroatoms. The van der Waals surface area contributed by atoms with Gasteiger partial charge < -0.3 is 5.32 Å². The summed E-state index contributed by atoms with van der Waals surface area (Å²) in [5.74, 6) is 2.19. The molecular weight excluding hydrogens is 243 g/mol. The Morgan fingerprint density at radius 3 is 2.81 bits per heavy atom. The van der Waals surface area contributed by atoms with Crippen molar-refractivity contribution in [2.75, 3.05) is 11.2 Å². The summed E-state index contributed by atoms with van der Waals surface area (Å²) in [4.78, 5) is 4.25. The zero-order valence-electron chi connectivity index (χ0n) is 9.13. The van der Waals surface area contributed by atoms with Gasteiger partial charge in [0.15, 0.2) is 0 Å². The second kappa shape index (κ2) is 5.74. The van der Waals surface area contributed by atoms with Crippen molar-refractivity contribution in [1.29, 1.82) is 0 Å². The lowest BCUT2D eigenvalue weighted by atomic mass is 9.86. The van der Waals surface area contributed by atoms with E-state index in [1.807, 2.05) is 12.1 Å². The quantitative estimate of drug-likeness (QED) is 0.831. The lowest BCUT2D eigenvalue weighted by Crippen LogP contribution is -2.33. The molecule has 0 saturated heterocycles. The zero-order valence-corrected chi connectivity index (χ0v) is 10.6. The topological polar surface area (TPSA) is 24.9 Å². The lowest BCUT2D eigenvalue weighted by Gasteiger charge is -2.31. The molecule has 1 aliphatic rings. The first-order valence-corrected chi connectivity index (χ1v) is 6.65. The van der Waals surface area contributed by atoms with E-state index in [0.717, 1.165) is 11.7 Å². The third kappa shape index (κ3) is 3.02. The van der Waals surface area contributed by atoms with Crippen molar-refractivity contribution in [3.63, 3.8) is 0 Å². The highest BCUT2D eigenvalue weighted by Crippen LogP contribution is 2.27. The normalized spacial score (nSPS) is 25.4. The van der Waals surface area contributed by atoms with Gasteiger partial charge in [0.05, 0.1) is 5.02 Å². The van der Waals surface area contributed by atoms with Crippen molar-refractivity contribution < 1.29 is 0 Å². The van der Waals surface area contributed by atoms with Crippen molar-refractivity contribution in [1.82, 2.24) is 4.98 Å². The van der Waals surface area contributed by atoms with Crippen molar-refractivity contribution >= 4 is 29.0 Å². The van der Waals surface area contributed by atoms with Gasteiger partial charge in [0.25, 0.3) is 0 Å². The van der Waals surface area contributed by atoms with E-state index < -0.39 is 0 Å². The molecule has 0 aromatic carbocycles. The highest BCUT2D eigenvalue weighted by Gasteiger charge is 2.24. The molecule has 1 fully saturated rings. The fourth-order valence-corrected chi connectivity index (χ4v) is 2.71. The van der Waals surface area contributed by atoms with Gasteiger partial charge in [-0.2, -0.15) is 0 Å². The van der Waals surface area contributed by atoms with E-state index in [-0.39, 0.29) is 0 Å². The Balaban J connectivity index is 1.99. The molecular formula is C12H16Cl2N2. The van der Waals surface area contributed by atoms with Gasteiger partial charge in [-0.05, 0) is 30.9 Å². The fraction of sp³-hybridized carbons (Fsp3) is 0.583. The molecule has 1 aromatic rings. The van der Waals surface area contributed by atoms with Crippen LogP contribution in [0.1, 0.15) is 25.7 Å². The molecule has 16 heavy (non-hydrogen) atoms. The molecule has 0 spiro atoms. The number of alkyl halides is 1. The summed E-state index contributed by atoms with van der Waals surface area (Å²) in [7, 11) is 0. The summed E-state index contributed by atoms with van der Waals surface area (Å²) in [6.45, 7) is 0. The highest BCUT2D eigenvalue weighted by atomic mass is 35.5. The summed E-state index contributed by atoms with van der Waals surface area (Å²) in [6, 6.07) is 4.23. The van der Waals surface area contributed by atoms with Gasteiger partial charge in [-0.25, -0.2) is 4.98 Å². The Morgan fingerprint density at radius 1 is 1.31 bits per heavy atom. The molecule has 2 unspecified atom stereocenters. The average molecular weight is 259 g/mol. The first-order valence-electron chi connectivity index (χ1n) is 5.73. The van der Waals surface area contributed by atoms with Gasteiger partial charge in [-0.15, -0.1) is 11.6 Å². The Bertz CT molecular complexity index is 326. The van der Waals surface area contributed by atoms with Crippen LogP contribution in [0.3, 0.4) is 0 Å². The molecule has 1 aliphatic carbocycles. The van der Waals surface area contributed by atoms with E-state index >= 15 is 0 Å². The standard InChI is InChI=1S/C12H16Cl2N2/c13-7-9-3-1-2-4-11(9)16-12-6-5-10(14)8-15-12/h5-6,8-9,11H,1-4,7H2,(H,15,16). The van der Waals surface area contributed by atoms with E-state index in [2.05, 4.69) is 10.3 Å². The summed E-state index contributed by atoms with van der Waals surface area (Å²) in [5.41, 5.74) is 0. The zero-order chi connectivity index (χ0) is 11.4. The average Bonchev–Trinajstić information content (AvgIpc) is 2.33. The third-order valence-electron chi connectivity index (χ3n) is 3.17. The maximum Gasteiger partial charge on any atom is 0.126 e. The minimum absolute atomic E-state index is 0.458. The fourth-order valence-electron chi connectivity index (χ4n) is 2.23. The first kappa shape index (κ1) is 12.0. The van der Waals surface area contributed by atoms with Crippen molar-refractivity contribution in [3.05, 3.63) is 23.4 Å². The van der Waals surface area contributed by atoms with Crippen LogP contribution < -0.4 is 5.32 Å². The summed E-state index contributed by atoms with van der Waals surface area (Å²) < 4.78 is 0. The predicted molar refractivity (Wildman–Crippen MR) is 69.3 cm³/mol. The number of nitrogens with zero attached hydrogens (tertiary/aromatic N) is 1. The summed E-state index contributed by atoms with van der Waals surface area (Å²) in [6.07, 6.45) is 6.64. The monoisotopic (exact) mass is 258 g/mol. The van der Waals surface area contributed by atoms with Gasteiger partial charge in [0.1, 0.15) is 5.82 Å². The van der Waals surface area contributed by atoms with Crippen molar-refractivity contribution in [2.24, 2.45) is 5.92 Å². The molecule has 0 amide bonds. The minimum atomic E-state index is 0.458. The number of hydrogen-bond acceptors (Lipinski definition) is 2. The first-order chi connectivity index (χ1) is 7.79. The van der Waals surface area contributed by atoms with Gasteiger partial charge in [-0.3, -0.25) is 0 Å². The Labute approximate surface area is 106 Å². The molecule has 2 nitrogen and oxygen atoms in total. The predicted octanol–water partition coefficient (Wildman–Crippen LogP) is 3.94. The van der Waals surface area contributed by atoms with Gasteiger partial charge >= 0.3 is 0 Å². The lowest BCUT2D eigenvalue weighted by molar-refractivity contribution is 0.352. The smallest absolute Gasteiger partial charge is 0.126 e. The van der Waals surface area contributed by atoms with Crippen LogP contribution in [-0.2, 0) is 0 Å². The van der Waals surface area contributed by atoms with Crippen molar-refractivity contribution in [2.45, 2.75) is 31.7 Å². The van der Waals surface area contributed by atoms with E-state index in [1.54, 1.807) is 6.20 Å². The van der Waals surface area contributed by atoms with Crippen LogP contribution in [0.2, 0.25) is 5.02 Å². The Hall–Kier alpha value is -0.470. The molecule has 0 bridgehead atoms. The Kier molecular flexibility index (Phi) is 4.30. The van der Waals surface area contributed by atoms with E-state index in [4.69, 9.17) is 23.2 Å². The van der Waals surface area contributed by atoms with Gasteiger partial charge in [0.2, 0.25) is 0 Å². The number of hydrogen-bond donors (Lipinski definition) is 1. The third-order valence-corrected chi connectivity index (χ3v) is 3.79. The van der Waals surface area contributed by atoms with Gasteiger partial charge in [-0.1, -0.05) is 24.4 Å². The highest BCUT2D eigenvalue weighted by molar-refractivity contribution is 6.30. The second-order valence-corrected chi connectivity index (χ2v) is 5.06. The maximum absolute atomic E-state index is 5.99. The van der Waals surface area contributed by atoms with Crippen LogP contribution in [0.15, 0.2) is 18.3 Å². The molecule has 0 radical (unpaired) electrons. The van der Waals surface area contributed by atoms with Crippen LogP contribution in [-0.4, -0.2) is 16.9 Å². The number of pyridine rings is 1. The molecule has 0 aliphatic heterocycles. The number of nitrogens with one attached hydrogen (secondary N) is 1. The van der Waals surface area contributed by atoms with Crippen LogP contribution in [0.5, 0.6) is 0 Å². The number of halogens is 2. The van der Waals surface area contributed by atoms with Crippen LogP contribution >= 0.6 is 23.2 Å². The van der Waals surface area contributed by atoms with Crippen LogP contribution in [0.4, 0.5) is 5.82 Å². The Morgan fingerprint density at radius 2 is 2.12 bits per heavy atom. The summed E-state index contributed by atoms with van der Waals surface area (Å²) >= 11 is 11.8. The molecule has 1 N–H and O–H groups in total. The van der Waals surface area contributed by atoms with E-state index in [1.165, 1.54) is 25.7 Å². The summed E-state index contributed by atoms with van der Waals surface area (Å²) in [5, 5.41) is 4.12. The number of anilines is 1. The molecule has 2 rings (SSSR count). The second-order valence-electron chi connectivity index (χ2n) is 4.31. The number of aromatic nitrogens is 1. The maximum atomic E-state index is 5.99. The molecule has 1 heterocycles. The molecule has 1 aromatic heterocycles. The van der Waals surface area contributed by atoms with E-state index in [9.17, 15) is 0 Å². The van der Waals surface area contributed by atoms with Crippen LogP contribution in [0, 0.1) is 5.92 Å². The molecule has 1 saturated carbocycles. The van der Waals surface area contributed by atoms with Crippen molar-refractivity contribution in [3.8, 4) is 0 Å². The SMILES string of the molecule is ClCC1CCCCC1Nc1ccc(Cl)cn1. The molecule has 2 atom stereocenters. The molecule has 88 valence electrons. The largest absolute Gasteiger partial charge is 0.367 e. The van der Waals surface area contributed by atoms with Gasteiger partial charge in [0, 0.05) is 18.1 Å². The number of rotatable bonds is 3. The van der Waals surface area contributed by atoms with E-state index in [0.29, 0.717) is 17.0 Å². The minimum Gasteiger partial charge on any atom is -0.367 e. The van der Waals surface area contributed by atoms with Crippen LogP contribution in [0.25, 0.3) is 0 Å².